The molecule has 1 aliphatic heterocycles. The van der Waals surface area contributed by atoms with Crippen LogP contribution in [0.25, 0.3) is 11.3 Å². The largest absolute Gasteiger partial charge is 0.355 e. The van der Waals surface area contributed by atoms with Crippen molar-refractivity contribution < 1.29 is 9.32 Å². The van der Waals surface area contributed by atoms with Gasteiger partial charge >= 0.3 is 0 Å². The quantitative estimate of drug-likeness (QED) is 0.850. The first kappa shape index (κ1) is 17.0. The fraction of sp³-hybridized carbons (Fsp3) is 0.444. The van der Waals surface area contributed by atoms with Crippen LogP contribution in [0.3, 0.4) is 0 Å². The summed E-state index contributed by atoms with van der Waals surface area (Å²) in [7, 11) is 0. The highest BCUT2D eigenvalue weighted by Crippen LogP contribution is 2.23. The van der Waals surface area contributed by atoms with Gasteiger partial charge in [-0.15, -0.1) is 0 Å². The van der Waals surface area contributed by atoms with Gasteiger partial charge in [-0.1, -0.05) is 30.6 Å². The van der Waals surface area contributed by atoms with Crippen LogP contribution in [0.15, 0.2) is 34.9 Å². The van der Waals surface area contributed by atoms with Gasteiger partial charge in [-0.05, 0) is 30.2 Å². The van der Waals surface area contributed by atoms with E-state index in [1.807, 2.05) is 17.0 Å². The zero-order chi connectivity index (χ0) is 17.1. The highest BCUT2D eigenvalue weighted by molar-refractivity contribution is 6.30. The van der Waals surface area contributed by atoms with Crippen molar-refractivity contribution in [3.05, 3.63) is 41.0 Å². The van der Waals surface area contributed by atoms with Crippen LogP contribution in [0.5, 0.6) is 0 Å². The molecule has 6 heteroatoms. The highest BCUT2D eigenvalue weighted by Gasteiger charge is 2.24. The lowest BCUT2D eigenvalue weighted by Crippen LogP contribution is -2.49. The molecule has 2 aromatic rings. The summed E-state index contributed by atoms with van der Waals surface area (Å²) in [6.45, 7) is 8.78. The summed E-state index contributed by atoms with van der Waals surface area (Å²) in [5, 5.41) is 4.61. The van der Waals surface area contributed by atoms with E-state index < -0.39 is 0 Å². The minimum atomic E-state index is -0.0665. The molecule has 0 aliphatic carbocycles. The lowest BCUT2D eigenvalue weighted by atomic mass is 10.1. The van der Waals surface area contributed by atoms with E-state index in [0.29, 0.717) is 22.4 Å². The number of aromatic nitrogens is 1. The second-order valence-electron chi connectivity index (χ2n) is 6.57. The number of carbonyl (C=O) groups excluding carboxylic acids is 1. The molecule has 128 valence electrons. The van der Waals surface area contributed by atoms with Crippen LogP contribution in [0.2, 0.25) is 5.02 Å². The van der Waals surface area contributed by atoms with E-state index in [1.54, 1.807) is 18.2 Å². The summed E-state index contributed by atoms with van der Waals surface area (Å²) in [6, 6.07) is 8.97. The van der Waals surface area contributed by atoms with Gasteiger partial charge in [0.05, 0.1) is 0 Å². The van der Waals surface area contributed by atoms with Crippen molar-refractivity contribution in [3.63, 3.8) is 0 Å². The second kappa shape index (κ2) is 7.36. The van der Waals surface area contributed by atoms with Gasteiger partial charge < -0.3 is 9.42 Å². The lowest BCUT2D eigenvalue weighted by molar-refractivity contribution is 0.0614. The van der Waals surface area contributed by atoms with Crippen molar-refractivity contribution in [1.82, 2.24) is 15.0 Å². The number of hydrogen-bond acceptors (Lipinski definition) is 4. The van der Waals surface area contributed by atoms with Gasteiger partial charge in [0.25, 0.3) is 5.91 Å². The van der Waals surface area contributed by atoms with Crippen molar-refractivity contribution in [1.29, 1.82) is 0 Å². The monoisotopic (exact) mass is 347 g/mol. The Morgan fingerprint density at radius 3 is 2.50 bits per heavy atom. The number of benzene rings is 1. The molecule has 0 bridgehead atoms. The first-order valence-electron chi connectivity index (χ1n) is 8.27. The maximum Gasteiger partial charge on any atom is 0.276 e. The number of hydrogen-bond donors (Lipinski definition) is 0. The molecular weight excluding hydrogens is 326 g/mol. The number of piperazine rings is 1. The molecule has 1 saturated heterocycles. The summed E-state index contributed by atoms with van der Waals surface area (Å²) in [6.07, 6.45) is 0. The van der Waals surface area contributed by atoms with E-state index in [9.17, 15) is 4.79 Å². The molecule has 0 unspecified atom stereocenters. The molecule has 2 heterocycles. The average molecular weight is 348 g/mol. The van der Waals surface area contributed by atoms with Gasteiger partial charge in [-0.2, -0.15) is 0 Å². The van der Waals surface area contributed by atoms with E-state index in [1.165, 1.54) is 0 Å². The number of nitrogens with zero attached hydrogens (tertiary/aromatic N) is 3. The van der Waals surface area contributed by atoms with Crippen molar-refractivity contribution >= 4 is 17.5 Å². The van der Waals surface area contributed by atoms with Gasteiger partial charge in [0.2, 0.25) is 0 Å². The number of amides is 1. The molecule has 1 aromatic heterocycles. The van der Waals surface area contributed by atoms with Gasteiger partial charge in [0.15, 0.2) is 11.5 Å². The molecule has 24 heavy (non-hydrogen) atoms. The number of rotatable bonds is 4. The SMILES string of the molecule is CC(C)CN1CCN(C(=O)c2cc(-c3ccc(Cl)cc3)on2)CC1. The highest BCUT2D eigenvalue weighted by atomic mass is 35.5. The first-order valence-corrected chi connectivity index (χ1v) is 8.65. The van der Waals surface area contributed by atoms with E-state index in [2.05, 4.69) is 23.9 Å². The Kier molecular flexibility index (Phi) is 5.21. The maximum absolute atomic E-state index is 12.6. The van der Waals surface area contributed by atoms with Crippen LogP contribution >= 0.6 is 11.6 Å². The molecule has 0 radical (unpaired) electrons. The van der Waals surface area contributed by atoms with Crippen LogP contribution < -0.4 is 0 Å². The maximum atomic E-state index is 12.6. The molecule has 1 aliphatic rings. The van der Waals surface area contributed by atoms with Gasteiger partial charge in [-0.25, -0.2) is 0 Å². The van der Waals surface area contributed by atoms with E-state index >= 15 is 0 Å². The molecule has 3 rings (SSSR count). The predicted molar refractivity (Wildman–Crippen MR) is 94.1 cm³/mol. The summed E-state index contributed by atoms with van der Waals surface area (Å²) in [4.78, 5) is 16.8. The molecule has 0 saturated carbocycles. The summed E-state index contributed by atoms with van der Waals surface area (Å²) >= 11 is 5.89. The van der Waals surface area contributed by atoms with Crippen LogP contribution in [0.4, 0.5) is 0 Å². The first-order chi connectivity index (χ1) is 11.5. The van der Waals surface area contributed by atoms with Crippen LogP contribution in [-0.4, -0.2) is 53.6 Å². The molecule has 0 spiro atoms. The summed E-state index contributed by atoms with van der Waals surface area (Å²) in [5.41, 5.74) is 1.21. The van der Waals surface area contributed by atoms with E-state index in [0.717, 1.165) is 38.3 Å². The molecule has 0 atom stereocenters. The molecule has 0 N–H and O–H groups in total. The fourth-order valence-electron chi connectivity index (χ4n) is 2.94. The standard InChI is InChI=1S/C18H22ClN3O2/c1-13(2)12-21-7-9-22(10-8-21)18(23)16-11-17(24-20-16)14-3-5-15(19)6-4-14/h3-6,11,13H,7-10,12H2,1-2H3. The van der Waals surface area contributed by atoms with Crippen molar-refractivity contribution in [2.75, 3.05) is 32.7 Å². The minimum Gasteiger partial charge on any atom is -0.355 e. The minimum absolute atomic E-state index is 0.0665. The molecule has 1 fully saturated rings. The lowest BCUT2D eigenvalue weighted by Gasteiger charge is -2.35. The average Bonchev–Trinajstić information content (AvgIpc) is 3.05. The van der Waals surface area contributed by atoms with Crippen LogP contribution in [0, 0.1) is 5.92 Å². The molecular formula is C18H22ClN3O2. The Labute approximate surface area is 147 Å². The van der Waals surface area contributed by atoms with Gasteiger partial charge in [0.1, 0.15) is 0 Å². The third-order valence-electron chi connectivity index (χ3n) is 4.14. The van der Waals surface area contributed by atoms with Gasteiger partial charge in [-0.3, -0.25) is 9.69 Å². The second-order valence-corrected chi connectivity index (χ2v) is 7.01. The van der Waals surface area contributed by atoms with Crippen molar-refractivity contribution in [3.8, 4) is 11.3 Å². The van der Waals surface area contributed by atoms with Gasteiger partial charge in [0, 0.05) is 49.4 Å². The normalized spacial score (nSPS) is 15.9. The summed E-state index contributed by atoms with van der Waals surface area (Å²) in [5.74, 6) is 1.15. The molecule has 5 nitrogen and oxygen atoms in total. The predicted octanol–water partition coefficient (Wildman–Crippen LogP) is 3.41. The topological polar surface area (TPSA) is 49.6 Å². The fourth-order valence-corrected chi connectivity index (χ4v) is 3.06. The Hall–Kier alpha value is -1.85. The zero-order valence-corrected chi connectivity index (χ0v) is 14.8. The van der Waals surface area contributed by atoms with E-state index in [-0.39, 0.29) is 5.91 Å². The third-order valence-corrected chi connectivity index (χ3v) is 4.39. The van der Waals surface area contributed by atoms with Crippen molar-refractivity contribution in [2.45, 2.75) is 13.8 Å². The molecule has 1 amide bonds. The molecule has 1 aromatic carbocycles. The number of carbonyl (C=O) groups is 1. The Morgan fingerprint density at radius 2 is 1.88 bits per heavy atom. The van der Waals surface area contributed by atoms with E-state index in [4.69, 9.17) is 16.1 Å². The Bertz CT molecular complexity index is 689. The van der Waals surface area contributed by atoms with Crippen LogP contribution in [-0.2, 0) is 0 Å². The van der Waals surface area contributed by atoms with Crippen molar-refractivity contribution in [2.24, 2.45) is 5.92 Å². The Morgan fingerprint density at radius 1 is 1.21 bits per heavy atom. The summed E-state index contributed by atoms with van der Waals surface area (Å²) < 4.78 is 5.33. The van der Waals surface area contributed by atoms with Crippen LogP contribution in [0.1, 0.15) is 24.3 Å². The zero-order valence-electron chi connectivity index (χ0n) is 14.0. The smallest absolute Gasteiger partial charge is 0.276 e. The number of halogens is 1. The third kappa shape index (κ3) is 3.97. The Balaban J connectivity index is 1.63.